The number of fused-ring (bicyclic) bond motifs is 1. The molecule has 8 heteroatoms. The van der Waals surface area contributed by atoms with Crippen LogP contribution in [0.15, 0.2) is 59.7 Å². The minimum Gasteiger partial charge on any atom is -0.339 e. The third-order valence-electron chi connectivity index (χ3n) is 8.09. The normalized spacial score (nSPS) is 16.4. The first-order valence-corrected chi connectivity index (χ1v) is 13.9. The van der Waals surface area contributed by atoms with E-state index in [1.54, 1.807) is 24.3 Å². The number of nitrogens with zero attached hydrogens (tertiary/aromatic N) is 2. The first-order valence-electron chi connectivity index (χ1n) is 13.9. The van der Waals surface area contributed by atoms with Crippen molar-refractivity contribution in [3.63, 3.8) is 0 Å². The molecule has 4 aromatic rings. The lowest BCUT2D eigenvalue weighted by Gasteiger charge is -2.20. The highest BCUT2D eigenvalue weighted by Crippen LogP contribution is 2.35. The number of carbonyl (C=O) groups excluding carboxylic acids is 1. The Hall–Kier alpha value is -4.07. The van der Waals surface area contributed by atoms with E-state index in [1.807, 2.05) is 12.3 Å². The van der Waals surface area contributed by atoms with Gasteiger partial charge in [0.2, 0.25) is 5.91 Å². The molecule has 200 valence electrons. The molecule has 1 amide bonds. The number of aromatic nitrogens is 3. The van der Waals surface area contributed by atoms with Crippen LogP contribution < -0.4 is 16.2 Å². The average molecular weight is 526 g/mol. The van der Waals surface area contributed by atoms with E-state index in [4.69, 9.17) is 0 Å². The molecule has 3 N–H and O–H groups in total. The summed E-state index contributed by atoms with van der Waals surface area (Å²) in [5, 5.41) is 6.50. The largest absolute Gasteiger partial charge is 0.339 e. The number of benzene rings is 1. The molecule has 0 radical (unpaired) electrons. The van der Waals surface area contributed by atoms with E-state index in [0.717, 1.165) is 32.1 Å². The molecule has 0 atom stereocenters. The molecular weight excluding hydrogens is 493 g/mol. The van der Waals surface area contributed by atoms with Crippen molar-refractivity contribution in [1.29, 1.82) is 0 Å². The average Bonchev–Trinajstić information content (AvgIpc) is 3.49. The highest BCUT2D eigenvalue weighted by atomic mass is 19.1. The van der Waals surface area contributed by atoms with E-state index >= 15 is 4.39 Å². The predicted octanol–water partition coefficient (Wildman–Crippen LogP) is 7.04. The Labute approximate surface area is 226 Å². The number of hydrogen-bond donors (Lipinski definition) is 3. The zero-order valence-corrected chi connectivity index (χ0v) is 21.8. The molecule has 2 saturated carbocycles. The van der Waals surface area contributed by atoms with Crippen molar-refractivity contribution < 1.29 is 9.18 Å². The number of nitrogens with one attached hydrogen (secondary N) is 3. The second-order valence-electron chi connectivity index (χ2n) is 10.7. The van der Waals surface area contributed by atoms with Gasteiger partial charge in [0.1, 0.15) is 11.6 Å². The van der Waals surface area contributed by atoms with Crippen molar-refractivity contribution in [2.75, 3.05) is 10.6 Å². The van der Waals surface area contributed by atoms with Gasteiger partial charge in [-0.1, -0.05) is 38.2 Å². The predicted molar refractivity (Wildman–Crippen MR) is 152 cm³/mol. The van der Waals surface area contributed by atoms with Crippen molar-refractivity contribution >= 4 is 34.0 Å². The van der Waals surface area contributed by atoms with E-state index in [-0.39, 0.29) is 22.9 Å². The van der Waals surface area contributed by atoms with E-state index in [1.165, 1.54) is 43.5 Å². The summed E-state index contributed by atoms with van der Waals surface area (Å²) in [6.07, 6.45) is 13.3. The lowest BCUT2D eigenvalue weighted by atomic mass is 9.88. The van der Waals surface area contributed by atoms with Gasteiger partial charge in [0.05, 0.1) is 22.3 Å². The van der Waals surface area contributed by atoms with Crippen LogP contribution in [-0.4, -0.2) is 20.9 Å². The standard InChI is InChI=1S/C31H32FN5O2/c32-24-16-22(35-30(38)20-8-2-1-3-9-20)11-12-23(24)26-17-27(29-25(36-26)14-15-33-31(29)39)37-28-13-10-21(18-34-28)19-6-4-5-7-19/h10-20H,1-9H2,(H,33,39)(H,35,38)(H,34,36,37). The minimum absolute atomic E-state index is 0.0174. The fourth-order valence-electron chi connectivity index (χ4n) is 5.96. The molecule has 3 heterocycles. The fourth-order valence-corrected chi connectivity index (χ4v) is 5.96. The van der Waals surface area contributed by atoms with Crippen molar-refractivity contribution in [2.24, 2.45) is 5.92 Å². The van der Waals surface area contributed by atoms with E-state index < -0.39 is 5.82 Å². The van der Waals surface area contributed by atoms with Gasteiger partial charge in [0.25, 0.3) is 5.56 Å². The van der Waals surface area contributed by atoms with Gasteiger partial charge in [-0.2, -0.15) is 0 Å². The van der Waals surface area contributed by atoms with Gasteiger partial charge < -0.3 is 15.6 Å². The topological polar surface area (TPSA) is 99.8 Å². The molecule has 3 aromatic heterocycles. The number of pyridine rings is 3. The summed E-state index contributed by atoms with van der Waals surface area (Å²) in [5.74, 6) is 0.581. The summed E-state index contributed by atoms with van der Waals surface area (Å²) in [7, 11) is 0. The van der Waals surface area contributed by atoms with E-state index in [9.17, 15) is 9.59 Å². The van der Waals surface area contributed by atoms with Crippen molar-refractivity contribution in [3.05, 3.63) is 76.6 Å². The summed E-state index contributed by atoms with van der Waals surface area (Å²) in [6.45, 7) is 0. The van der Waals surface area contributed by atoms with Crippen LogP contribution in [0.5, 0.6) is 0 Å². The van der Waals surface area contributed by atoms with Crippen LogP contribution in [0.25, 0.3) is 22.2 Å². The Kier molecular flexibility index (Phi) is 7.09. The first kappa shape index (κ1) is 25.2. The lowest BCUT2D eigenvalue weighted by Crippen LogP contribution is -2.24. The van der Waals surface area contributed by atoms with Gasteiger partial charge in [-0.15, -0.1) is 0 Å². The molecular formula is C31H32FN5O2. The van der Waals surface area contributed by atoms with Crippen LogP contribution in [-0.2, 0) is 4.79 Å². The maximum Gasteiger partial charge on any atom is 0.259 e. The van der Waals surface area contributed by atoms with Gasteiger partial charge in [0.15, 0.2) is 0 Å². The first-order chi connectivity index (χ1) is 19.0. The molecule has 0 saturated heterocycles. The lowest BCUT2D eigenvalue weighted by molar-refractivity contribution is -0.120. The number of hydrogen-bond acceptors (Lipinski definition) is 5. The molecule has 7 nitrogen and oxygen atoms in total. The fraction of sp³-hybridized carbons (Fsp3) is 0.355. The van der Waals surface area contributed by atoms with Crippen LogP contribution in [0.2, 0.25) is 0 Å². The number of aromatic amines is 1. The van der Waals surface area contributed by atoms with Gasteiger partial charge in [-0.05, 0) is 73.6 Å². The molecule has 39 heavy (non-hydrogen) atoms. The quantitative estimate of drug-likeness (QED) is 0.251. The van der Waals surface area contributed by atoms with Crippen molar-refractivity contribution in [3.8, 4) is 11.3 Å². The minimum atomic E-state index is -0.502. The van der Waals surface area contributed by atoms with Crippen LogP contribution in [0.3, 0.4) is 0 Å². The number of anilines is 3. The SMILES string of the molecule is O=C(Nc1ccc(-c2cc(Nc3ccc(C4CCCC4)cn3)c3c(=O)[nH]ccc3n2)c(F)c1)C1CCCCC1. The van der Waals surface area contributed by atoms with Crippen molar-refractivity contribution in [1.82, 2.24) is 15.0 Å². The van der Waals surface area contributed by atoms with Crippen LogP contribution in [0.1, 0.15) is 69.3 Å². The molecule has 2 aliphatic carbocycles. The summed E-state index contributed by atoms with van der Waals surface area (Å²) < 4.78 is 15.4. The summed E-state index contributed by atoms with van der Waals surface area (Å²) >= 11 is 0. The van der Waals surface area contributed by atoms with Crippen molar-refractivity contribution in [2.45, 2.75) is 63.7 Å². The third kappa shape index (κ3) is 5.41. The Morgan fingerprint density at radius 1 is 0.949 bits per heavy atom. The molecule has 0 spiro atoms. The molecule has 2 fully saturated rings. The molecule has 6 rings (SSSR count). The molecule has 0 bridgehead atoms. The van der Waals surface area contributed by atoms with Gasteiger partial charge >= 0.3 is 0 Å². The van der Waals surface area contributed by atoms with Gasteiger partial charge in [-0.3, -0.25) is 9.59 Å². The maximum absolute atomic E-state index is 15.4. The Morgan fingerprint density at radius 3 is 2.49 bits per heavy atom. The Morgan fingerprint density at radius 2 is 1.74 bits per heavy atom. The van der Waals surface area contributed by atoms with E-state index in [0.29, 0.717) is 39.7 Å². The Balaban J connectivity index is 1.29. The Bertz CT molecular complexity index is 1550. The number of H-pyrrole nitrogens is 1. The molecule has 2 aliphatic rings. The number of rotatable bonds is 6. The van der Waals surface area contributed by atoms with E-state index in [2.05, 4.69) is 31.7 Å². The monoisotopic (exact) mass is 525 g/mol. The van der Waals surface area contributed by atoms with Gasteiger partial charge in [-0.25, -0.2) is 14.4 Å². The van der Waals surface area contributed by atoms with Crippen LogP contribution in [0, 0.1) is 11.7 Å². The second-order valence-corrected chi connectivity index (χ2v) is 10.7. The summed E-state index contributed by atoms with van der Waals surface area (Å²) in [6, 6.07) is 12.0. The highest BCUT2D eigenvalue weighted by Gasteiger charge is 2.22. The number of amides is 1. The summed E-state index contributed by atoms with van der Waals surface area (Å²) in [5.41, 5.74) is 2.95. The van der Waals surface area contributed by atoms with Crippen LogP contribution >= 0.6 is 0 Å². The smallest absolute Gasteiger partial charge is 0.259 e. The maximum atomic E-state index is 15.4. The molecule has 0 unspecified atom stereocenters. The zero-order chi connectivity index (χ0) is 26.8. The molecule has 1 aromatic carbocycles. The highest BCUT2D eigenvalue weighted by molar-refractivity contribution is 5.95. The third-order valence-corrected chi connectivity index (χ3v) is 8.09. The number of carbonyl (C=O) groups is 1. The summed E-state index contributed by atoms with van der Waals surface area (Å²) in [4.78, 5) is 37.3. The van der Waals surface area contributed by atoms with Crippen LogP contribution in [0.4, 0.5) is 21.6 Å². The molecule has 0 aliphatic heterocycles. The second kappa shape index (κ2) is 11.0. The number of halogens is 1. The zero-order valence-electron chi connectivity index (χ0n) is 21.8. The van der Waals surface area contributed by atoms with Gasteiger partial charge in [0, 0.05) is 29.6 Å².